The molecule has 4 heterocycles. The van der Waals surface area contributed by atoms with Gasteiger partial charge in [0.2, 0.25) is 0 Å². The quantitative estimate of drug-likeness (QED) is 0.462. The van der Waals surface area contributed by atoms with Crippen molar-refractivity contribution in [2.75, 3.05) is 5.73 Å². The second-order valence-electron chi connectivity index (χ2n) is 7.28. The molecule has 0 atom stereocenters. The van der Waals surface area contributed by atoms with E-state index in [4.69, 9.17) is 15.8 Å². The maximum atomic E-state index is 6.36. The SMILES string of the molecule is Cn1cc(-c2cc3nc(-c4c[nH]c5ccccc45)cc(N)n3n2)c2ccccc21. The number of aromatic nitrogens is 5. The van der Waals surface area contributed by atoms with Crippen LogP contribution in [0.5, 0.6) is 0 Å². The molecule has 0 aliphatic carbocycles. The number of nitrogens with one attached hydrogen (secondary N) is 1. The van der Waals surface area contributed by atoms with Crippen LogP contribution in [0.3, 0.4) is 0 Å². The minimum absolute atomic E-state index is 0.557. The van der Waals surface area contributed by atoms with E-state index < -0.39 is 0 Å². The van der Waals surface area contributed by atoms with Crippen LogP contribution in [0, 0.1) is 0 Å². The minimum Gasteiger partial charge on any atom is -0.384 e. The van der Waals surface area contributed by atoms with Gasteiger partial charge in [0.1, 0.15) is 5.82 Å². The second-order valence-corrected chi connectivity index (χ2v) is 7.28. The summed E-state index contributed by atoms with van der Waals surface area (Å²) in [5.41, 5.74) is 13.1. The Balaban J connectivity index is 1.56. The van der Waals surface area contributed by atoms with Gasteiger partial charge in [0.15, 0.2) is 5.65 Å². The zero-order chi connectivity index (χ0) is 19.5. The summed E-state index contributed by atoms with van der Waals surface area (Å²) in [4.78, 5) is 8.16. The third-order valence-corrected chi connectivity index (χ3v) is 5.49. The molecule has 0 saturated heterocycles. The molecule has 0 unspecified atom stereocenters. The van der Waals surface area contributed by atoms with Crippen LogP contribution in [0.15, 0.2) is 73.1 Å². The summed E-state index contributed by atoms with van der Waals surface area (Å²) < 4.78 is 3.82. The largest absolute Gasteiger partial charge is 0.384 e. The van der Waals surface area contributed by atoms with Gasteiger partial charge in [-0.2, -0.15) is 9.61 Å². The van der Waals surface area contributed by atoms with E-state index in [1.807, 2.05) is 49.6 Å². The standard InChI is InChI=1S/C23H18N6/c1-28-13-17(15-7-3-5-9-21(15)28)20-11-23-26-19(10-22(24)29(23)27-20)16-12-25-18-8-4-2-6-14(16)18/h2-13,25H,24H2,1H3. The first-order valence-corrected chi connectivity index (χ1v) is 9.46. The zero-order valence-electron chi connectivity index (χ0n) is 15.8. The summed E-state index contributed by atoms with van der Waals surface area (Å²) in [6.45, 7) is 0. The Labute approximate surface area is 166 Å². The molecule has 0 radical (unpaired) electrons. The van der Waals surface area contributed by atoms with Crippen molar-refractivity contribution in [2.45, 2.75) is 0 Å². The summed E-state index contributed by atoms with van der Waals surface area (Å²) in [5, 5.41) is 7.02. The molecule has 4 aromatic heterocycles. The highest BCUT2D eigenvalue weighted by Crippen LogP contribution is 2.32. The van der Waals surface area contributed by atoms with Crippen molar-refractivity contribution in [3.8, 4) is 22.5 Å². The average molecular weight is 378 g/mol. The van der Waals surface area contributed by atoms with Crippen LogP contribution in [0.25, 0.3) is 50.0 Å². The van der Waals surface area contributed by atoms with E-state index in [2.05, 4.69) is 40.0 Å². The Morgan fingerprint density at radius 3 is 2.59 bits per heavy atom. The topological polar surface area (TPSA) is 76.9 Å². The van der Waals surface area contributed by atoms with Crippen molar-refractivity contribution >= 4 is 33.3 Å². The number of benzene rings is 2. The lowest BCUT2D eigenvalue weighted by Crippen LogP contribution is -2.01. The smallest absolute Gasteiger partial charge is 0.158 e. The van der Waals surface area contributed by atoms with Crippen LogP contribution in [0.4, 0.5) is 5.82 Å². The number of anilines is 1. The molecule has 0 saturated carbocycles. The maximum Gasteiger partial charge on any atom is 0.158 e. The minimum atomic E-state index is 0.557. The number of para-hydroxylation sites is 2. The Morgan fingerprint density at radius 1 is 0.897 bits per heavy atom. The highest BCUT2D eigenvalue weighted by atomic mass is 15.3. The van der Waals surface area contributed by atoms with Gasteiger partial charge < -0.3 is 15.3 Å². The molecular weight excluding hydrogens is 360 g/mol. The molecular formula is C23H18N6. The van der Waals surface area contributed by atoms with Gasteiger partial charge in [-0.25, -0.2) is 4.98 Å². The van der Waals surface area contributed by atoms with Crippen molar-refractivity contribution in [2.24, 2.45) is 7.05 Å². The summed E-state index contributed by atoms with van der Waals surface area (Å²) in [6, 6.07) is 20.4. The molecule has 0 spiro atoms. The van der Waals surface area contributed by atoms with Crippen molar-refractivity contribution in [3.05, 3.63) is 73.1 Å². The molecule has 29 heavy (non-hydrogen) atoms. The highest BCUT2D eigenvalue weighted by Gasteiger charge is 2.15. The van der Waals surface area contributed by atoms with E-state index in [0.717, 1.165) is 44.5 Å². The number of nitrogen functional groups attached to an aromatic ring is 1. The van der Waals surface area contributed by atoms with Crippen LogP contribution in [-0.2, 0) is 7.05 Å². The fourth-order valence-electron chi connectivity index (χ4n) is 4.10. The molecule has 0 amide bonds. The van der Waals surface area contributed by atoms with E-state index in [9.17, 15) is 0 Å². The Morgan fingerprint density at radius 2 is 1.69 bits per heavy atom. The summed E-state index contributed by atoms with van der Waals surface area (Å²) in [5.74, 6) is 0.557. The lowest BCUT2D eigenvalue weighted by Gasteiger charge is -2.03. The van der Waals surface area contributed by atoms with Gasteiger partial charge in [0, 0.05) is 64.5 Å². The molecule has 6 aromatic rings. The predicted octanol–water partition coefficient (Wildman–Crippen LogP) is 4.62. The molecule has 0 aliphatic heterocycles. The average Bonchev–Trinajstić information content (AvgIpc) is 3.43. The van der Waals surface area contributed by atoms with Gasteiger partial charge >= 0.3 is 0 Å². The summed E-state index contributed by atoms with van der Waals surface area (Å²) in [6.07, 6.45) is 4.08. The van der Waals surface area contributed by atoms with E-state index >= 15 is 0 Å². The van der Waals surface area contributed by atoms with Crippen LogP contribution in [0.2, 0.25) is 0 Å². The normalized spacial score (nSPS) is 11.8. The first-order valence-electron chi connectivity index (χ1n) is 9.46. The van der Waals surface area contributed by atoms with Crippen LogP contribution in [-0.4, -0.2) is 24.1 Å². The van der Waals surface area contributed by atoms with Gasteiger partial charge in [-0.3, -0.25) is 0 Å². The molecule has 0 fully saturated rings. The first kappa shape index (κ1) is 15.9. The Kier molecular flexibility index (Phi) is 3.14. The predicted molar refractivity (Wildman–Crippen MR) is 117 cm³/mol. The molecule has 0 aliphatic rings. The fraction of sp³-hybridized carbons (Fsp3) is 0.0435. The van der Waals surface area contributed by atoms with Gasteiger partial charge in [-0.15, -0.1) is 0 Å². The molecule has 6 heteroatoms. The lowest BCUT2D eigenvalue weighted by atomic mass is 10.1. The Bertz CT molecular complexity index is 1530. The number of aromatic amines is 1. The monoisotopic (exact) mass is 378 g/mol. The number of hydrogen-bond acceptors (Lipinski definition) is 3. The van der Waals surface area contributed by atoms with E-state index in [-0.39, 0.29) is 0 Å². The maximum absolute atomic E-state index is 6.36. The third kappa shape index (κ3) is 2.29. The van der Waals surface area contributed by atoms with Crippen LogP contribution < -0.4 is 5.73 Å². The van der Waals surface area contributed by atoms with Crippen LogP contribution >= 0.6 is 0 Å². The zero-order valence-corrected chi connectivity index (χ0v) is 15.8. The summed E-state index contributed by atoms with van der Waals surface area (Å²) >= 11 is 0. The number of fused-ring (bicyclic) bond motifs is 3. The molecule has 6 nitrogen and oxygen atoms in total. The molecule has 6 rings (SSSR count). The third-order valence-electron chi connectivity index (χ3n) is 5.49. The highest BCUT2D eigenvalue weighted by molar-refractivity contribution is 5.97. The fourth-order valence-corrected chi connectivity index (χ4v) is 4.10. The van der Waals surface area contributed by atoms with Gasteiger partial charge in [-0.1, -0.05) is 36.4 Å². The summed E-state index contributed by atoms with van der Waals surface area (Å²) in [7, 11) is 2.04. The molecule has 0 bridgehead atoms. The number of H-pyrrole nitrogens is 1. The van der Waals surface area contributed by atoms with Gasteiger partial charge in [0.05, 0.1) is 11.4 Å². The van der Waals surface area contributed by atoms with E-state index in [0.29, 0.717) is 5.82 Å². The van der Waals surface area contributed by atoms with Gasteiger partial charge in [-0.05, 0) is 12.1 Å². The molecule has 2 aromatic carbocycles. The second kappa shape index (κ2) is 5.72. The van der Waals surface area contributed by atoms with Crippen molar-refractivity contribution < 1.29 is 0 Å². The van der Waals surface area contributed by atoms with E-state index in [1.54, 1.807) is 4.52 Å². The van der Waals surface area contributed by atoms with E-state index in [1.165, 1.54) is 5.52 Å². The molecule has 140 valence electrons. The van der Waals surface area contributed by atoms with Crippen molar-refractivity contribution in [1.82, 2.24) is 24.1 Å². The number of nitrogens with two attached hydrogens (primary N) is 1. The van der Waals surface area contributed by atoms with Crippen molar-refractivity contribution in [3.63, 3.8) is 0 Å². The first-order chi connectivity index (χ1) is 14.2. The van der Waals surface area contributed by atoms with Crippen molar-refractivity contribution in [1.29, 1.82) is 0 Å². The van der Waals surface area contributed by atoms with Gasteiger partial charge in [0.25, 0.3) is 0 Å². The number of rotatable bonds is 2. The lowest BCUT2D eigenvalue weighted by molar-refractivity contribution is 0.951. The Hall–Kier alpha value is -4.06. The van der Waals surface area contributed by atoms with Crippen LogP contribution in [0.1, 0.15) is 0 Å². The molecule has 3 N–H and O–H groups in total. The number of nitrogens with zero attached hydrogens (tertiary/aromatic N) is 4. The number of aryl methyl sites for hydroxylation is 1. The number of hydrogen-bond donors (Lipinski definition) is 2.